The third kappa shape index (κ3) is 3.74. The molecule has 0 spiro atoms. The molecular formula is C15H23NO. The molecule has 2 nitrogen and oxygen atoms in total. The standard InChI is InChI=1S/C15H23NO/c1-15(2,3)8-9-17-13-10-12-6-4-5-7-14(12)16-11-13/h4-7,13,16H,8-11H2,1-3H3. The van der Waals surface area contributed by atoms with E-state index >= 15 is 0 Å². The number of benzene rings is 1. The van der Waals surface area contributed by atoms with Crippen LogP contribution in [0.3, 0.4) is 0 Å². The van der Waals surface area contributed by atoms with E-state index < -0.39 is 0 Å². The molecular weight excluding hydrogens is 210 g/mol. The molecule has 17 heavy (non-hydrogen) atoms. The summed E-state index contributed by atoms with van der Waals surface area (Å²) in [5.41, 5.74) is 3.00. The van der Waals surface area contributed by atoms with E-state index in [1.165, 1.54) is 11.3 Å². The van der Waals surface area contributed by atoms with Gasteiger partial charge in [0.05, 0.1) is 6.10 Å². The van der Waals surface area contributed by atoms with E-state index in [0.29, 0.717) is 11.5 Å². The molecule has 1 aliphatic rings. The highest BCUT2D eigenvalue weighted by Crippen LogP contribution is 2.23. The van der Waals surface area contributed by atoms with Crippen LogP contribution in [0, 0.1) is 5.41 Å². The highest BCUT2D eigenvalue weighted by atomic mass is 16.5. The SMILES string of the molecule is CC(C)(C)CCOC1CNc2ccccc2C1. The van der Waals surface area contributed by atoms with Crippen LogP contribution in [0.15, 0.2) is 24.3 Å². The van der Waals surface area contributed by atoms with Gasteiger partial charge in [-0.3, -0.25) is 0 Å². The van der Waals surface area contributed by atoms with Gasteiger partial charge in [-0.1, -0.05) is 39.0 Å². The molecule has 0 radical (unpaired) electrons. The van der Waals surface area contributed by atoms with Crippen molar-refractivity contribution in [2.75, 3.05) is 18.5 Å². The van der Waals surface area contributed by atoms with Crippen molar-refractivity contribution < 1.29 is 4.74 Å². The van der Waals surface area contributed by atoms with Gasteiger partial charge in [-0.05, 0) is 23.5 Å². The lowest BCUT2D eigenvalue weighted by Crippen LogP contribution is -2.31. The molecule has 0 saturated carbocycles. The van der Waals surface area contributed by atoms with Gasteiger partial charge in [0, 0.05) is 25.3 Å². The van der Waals surface area contributed by atoms with Crippen molar-refractivity contribution in [1.82, 2.24) is 0 Å². The molecule has 1 aliphatic heterocycles. The zero-order valence-corrected chi connectivity index (χ0v) is 11.1. The van der Waals surface area contributed by atoms with E-state index in [1.807, 2.05) is 0 Å². The van der Waals surface area contributed by atoms with Gasteiger partial charge in [0.1, 0.15) is 0 Å². The minimum Gasteiger partial charge on any atom is -0.382 e. The molecule has 94 valence electrons. The Morgan fingerprint density at radius 2 is 2.06 bits per heavy atom. The number of rotatable bonds is 3. The first-order chi connectivity index (χ1) is 8.04. The molecule has 1 N–H and O–H groups in total. The summed E-state index contributed by atoms with van der Waals surface area (Å²) in [7, 11) is 0. The molecule has 2 heteroatoms. The molecule has 0 aromatic heterocycles. The van der Waals surface area contributed by atoms with E-state index in [4.69, 9.17) is 4.74 Å². The fourth-order valence-corrected chi connectivity index (χ4v) is 2.06. The van der Waals surface area contributed by atoms with Gasteiger partial charge in [-0.15, -0.1) is 0 Å². The number of anilines is 1. The van der Waals surface area contributed by atoms with Gasteiger partial charge < -0.3 is 10.1 Å². The third-order valence-electron chi connectivity index (χ3n) is 3.19. The summed E-state index contributed by atoms with van der Waals surface area (Å²) >= 11 is 0. The highest BCUT2D eigenvalue weighted by molar-refractivity contribution is 5.53. The Kier molecular flexibility index (Phi) is 3.72. The maximum absolute atomic E-state index is 5.95. The summed E-state index contributed by atoms with van der Waals surface area (Å²) in [6.45, 7) is 8.56. The van der Waals surface area contributed by atoms with E-state index in [1.54, 1.807) is 0 Å². The quantitative estimate of drug-likeness (QED) is 0.863. The zero-order chi connectivity index (χ0) is 12.3. The van der Waals surface area contributed by atoms with Crippen LogP contribution in [0.25, 0.3) is 0 Å². The van der Waals surface area contributed by atoms with Crippen molar-refractivity contribution in [3.63, 3.8) is 0 Å². The van der Waals surface area contributed by atoms with Crippen LogP contribution in [-0.2, 0) is 11.2 Å². The van der Waals surface area contributed by atoms with Gasteiger partial charge in [0.25, 0.3) is 0 Å². The first kappa shape index (κ1) is 12.4. The Bertz CT molecular complexity index is 367. The Balaban J connectivity index is 1.82. The van der Waals surface area contributed by atoms with E-state index in [2.05, 4.69) is 50.4 Å². The molecule has 1 aromatic carbocycles. The zero-order valence-electron chi connectivity index (χ0n) is 11.1. The van der Waals surface area contributed by atoms with Gasteiger partial charge in [0.2, 0.25) is 0 Å². The summed E-state index contributed by atoms with van der Waals surface area (Å²) in [5.74, 6) is 0. The van der Waals surface area contributed by atoms with Crippen LogP contribution in [0.1, 0.15) is 32.8 Å². The van der Waals surface area contributed by atoms with Crippen LogP contribution in [-0.4, -0.2) is 19.3 Å². The first-order valence-electron chi connectivity index (χ1n) is 6.48. The Labute approximate surface area is 104 Å². The molecule has 0 amide bonds. The lowest BCUT2D eigenvalue weighted by atomic mass is 9.93. The Morgan fingerprint density at radius 1 is 1.29 bits per heavy atom. The lowest BCUT2D eigenvalue weighted by Gasteiger charge is -2.27. The van der Waals surface area contributed by atoms with Gasteiger partial charge >= 0.3 is 0 Å². The second-order valence-electron chi connectivity index (χ2n) is 6.05. The monoisotopic (exact) mass is 233 g/mol. The van der Waals surface area contributed by atoms with Crippen molar-refractivity contribution in [2.45, 2.75) is 39.7 Å². The molecule has 1 heterocycles. The fraction of sp³-hybridized carbons (Fsp3) is 0.600. The topological polar surface area (TPSA) is 21.3 Å². The predicted molar refractivity (Wildman–Crippen MR) is 72.4 cm³/mol. The second-order valence-corrected chi connectivity index (χ2v) is 6.05. The third-order valence-corrected chi connectivity index (χ3v) is 3.19. The molecule has 1 atom stereocenters. The van der Waals surface area contributed by atoms with Gasteiger partial charge in [-0.25, -0.2) is 0 Å². The van der Waals surface area contributed by atoms with Crippen LogP contribution < -0.4 is 5.32 Å². The Hall–Kier alpha value is -1.02. The molecule has 0 aliphatic carbocycles. The summed E-state index contributed by atoms with van der Waals surface area (Å²) in [6.07, 6.45) is 2.48. The largest absolute Gasteiger partial charge is 0.382 e. The highest BCUT2D eigenvalue weighted by Gasteiger charge is 2.19. The van der Waals surface area contributed by atoms with E-state index in [-0.39, 0.29) is 0 Å². The minimum absolute atomic E-state index is 0.326. The van der Waals surface area contributed by atoms with E-state index in [9.17, 15) is 0 Å². The number of para-hydroxylation sites is 1. The molecule has 0 fully saturated rings. The van der Waals surface area contributed by atoms with Crippen molar-refractivity contribution in [3.05, 3.63) is 29.8 Å². The van der Waals surface area contributed by atoms with Crippen molar-refractivity contribution in [1.29, 1.82) is 0 Å². The maximum atomic E-state index is 5.95. The van der Waals surface area contributed by atoms with Crippen molar-refractivity contribution in [2.24, 2.45) is 5.41 Å². The number of fused-ring (bicyclic) bond motifs is 1. The number of nitrogens with one attached hydrogen (secondary N) is 1. The second kappa shape index (κ2) is 5.09. The molecule has 0 saturated heterocycles. The Morgan fingerprint density at radius 3 is 2.82 bits per heavy atom. The number of hydrogen-bond donors (Lipinski definition) is 1. The molecule has 1 aromatic rings. The molecule has 0 bridgehead atoms. The first-order valence-corrected chi connectivity index (χ1v) is 6.48. The van der Waals surface area contributed by atoms with Crippen LogP contribution >= 0.6 is 0 Å². The number of hydrogen-bond acceptors (Lipinski definition) is 2. The minimum atomic E-state index is 0.326. The molecule has 1 unspecified atom stereocenters. The number of ether oxygens (including phenoxy) is 1. The van der Waals surface area contributed by atoms with Crippen LogP contribution in [0.5, 0.6) is 0 Å². The predicted octanol–water partition coefficient (Wildman–Crippen LogP) is 3.48. The van der Waals surface area contributed by atoms with Gasteiger partial charge in [-0.2, -0.15) is 0 Å². The smallest absolute Gasteiger partial charge is 0.0788 e. The average molecular weight is 233 g/mol. The molecule has 2 rings (SSSR count). The van der Waals surface area contributed by atoms with E-state index in [0.717, 1.165) is 26.0 Å². The average Bonchev–Trinajstić information content (AvgIpc) is 2.27. The maximum Gasteiger partial charge on any atom is 0.0788 e. The van der Waals surface area contributed by atoms with Crippen LogP contribution in [0.2, 0.25) is 0 Å². The summed E-state index contributed by atoms with van der Waals surface area (Å²) < 4.78 is 5.95. The normalized spacial score (nSPS) is 19.6. The van der Waals surface area contributed by atoms with Crippen molar-refractivity contribution >= 4 is 5.69 Å². The van der Waals surface area contributed by atoms with Crippen molar-refractivity contribution in [3.8, 4) is 0 Å². The lowest BCUT2D eigenvalue weighted by molar-refractivity contribution is 0.0441. The van der Waals surface area contributed by atoms with Crippen LogP contribution in [0.4, 0.5) is 5.69 Å². The summed E-state index contributed by atoms with van der Waals surface area (Å²) in [5, 5.41) is 3.44. The summed E-state index contributed by atoms with van der Waals surface area (Å²) in [4.78, 5) is 0. The van der Waals surface area contributed by atoms with Gasteiger partial charge in [0.15, 0.2) is 0 Å². The fourth-order valence-electron chi connectivity index (χ4n) is 2.06. The summed E-state index contributed by atoms with van der Waals surface area (Å²) in [6, 6.07) is 8.49.